The molecule has 2 atom stereocenters. The van der Waals surface area contributed by atoms with Crippen molar-refractivity contribution in [1.82, 2.24) is 5.32 Å². The summed E-state index contributed by atoms with van der Waals surface area (Å²) < 4.78 is 38.8. The molecule has 108 valence electrons. The van der Waals surface area contributed by atoms with Gasteiger partial charge in [0.25, 0.3) is 0 Å². The molecule has 20 heavy (non-hydrogen) atoms. The lowest BCUT2D eigenvalue weighted by Gasteiger charge is -2.14. The first-order valence-corrected chi connectivity index (χ1v) is 6.36. The number of piperidine rings is 1. The van der Waals surface area contributed by atoms with Crippen LogP contribution in [0.4, 0.5) is 18.9 Å². The summed E-state index contributed by atoms with van der Waals surface area (Å²) in [5.74, 6) is -0.100. The number of amides is 1. The molecular formula is C13H14F3N3O. The smallest absolute Gasteiger partial charge is 0.382 e. The Morgan fingerprint density at radius 2 is 1.95 bits per heavy atom. The van der Waals surface area contributed by atoms with Gasteiger partial charge in [0.15, 0.2) is 0 Å². The highest BCUT2D eigenvalue weighted by Crippen LogP contribution is 2.44. The first-order chi connectivity index (χ1) is 9.38. The molecule has 1 aliphatic carbocycles. The quantitative estimate of drug-likeness (QED) is 0.787. The fraction of sp³-hybridized carbons (Fsp3) is 0.462. The van der Waals surface area contributed by atoms with Gasteiger partial charge in [-0.2, -0.15) is 13.2 Å². The third-order valence-electron chi connectivity index (χ3n) is 4.02. The maximum Gasteiger partial charge on any atom is 0.417 e. The van der Waals surface area contributed by atoms with E-state index >= 15 is 0 Å². The molecule has 0 spiro atoms. The van der Waals surface area contributed by atoms with Crippen LogP contribution in [0.3, 0.4) is 0 Å². The zero-order chi connectivity index (χ0) is 14.5. The first kappa shape index (κ1) is 13.2. The molecule has 4 N–H and O–H groups in total. The third-order valence-corrected chi connectivity index (χ3v) is 4.02. The number of carbonyl (C=O) groups excluding carboxylic acids is 1. The minimum atomic E-state index is -4.59. The van der Waals surface area contributed by atoms with E-state index < -0.39 is 23.2 Å². The van der Waals surface area contributed by atoms with Crippen molar-refractivity contribution in [3.8, 4) is 0 Å². The number of anilines is 1. The minimum Gasteiger partial charge on any atom is -0.382 e. The molecule has 4 nitrogen and oxygen atoms in total. The summed E-state index contributed by atoms with van der Waals surface area (Å²) in [5.41, 5.74) is 3.87. The van der Waals surface area contributed by atoms with Crippen LogP contribution in [0.25, 0.3) is 0 Å². The van der Waals surface area contributed by atoms with E-state index in [1.54, 1.807) is 0 Å². The number of primary amides is 1. The van der Waals surface area contributed by atoms with Gasteiger partial charge < -0.3 is 16.4 Å². The maximum absolute atomic E-state index is 12.9. The second-order valence-electron chi connectivity index (χ2n) is 5.28. The van der Waals surface area contributed by atoms with Gasteiger partial charge in [-0.15, -0.1) is 0 Å². The van der Waals surface area contributed by atoms with Crippen molar-refractivity contribution < 1.29 is 18.0 Å². The normalized spacial score (nSPS) is 28.1. The summed E-state index contributed by atoms with van der Waals surface area (Å²) in [4.78, 5) is 11.1. The van der Waals surface area contributed by atoms with Crippen LogP contribution >= 0.6 is 0 Å². The molecule has 1 saturated heterocycles. The van der Waals surface area contributed by atoms with Gasteiger partial charge in [0, 0.05) is 24.8 Å². The largest absolute Gasteiger partial charge is 0.417 e. The first-order valence-electron chi connectivity index (χ1n) is 6.36. The van der Waals surface area contributed by atoms with Crippen LogP contribution in [0.1, 0.15) is 15.9 Å². The second kappa shape index (κ2) is 4.37. The van der Waals surface area contributed by atoms with E-state index in [9.17, 15) is 18.0 Å². The van der Waals surface area contributed by atoms with Crippen LogP contribution in [-0.4, -0.2) is 25.0 Å². The Morgan fingerprint density at radius 3 is 2.50 bits per heavy atom. The molecule has 0 aromatic heterocycles. The number of nitrogens with one attached hydrogen (secondary N) is 2. The fourth-order valence-electron chi connectivity index (χ4n) is 2.91. The van der Waals surface area contributed by atoms with E-state index in [2.05, 4.69) is 10.6 Å². The Labute approximate surface area is 113 Å². The lowest BCUT2D eigenvalue weighted by atomic mass is 10.1. The molecule has 1 heterocycles. The van der Waals surface area contributed by atoms with Gasteiger partial charge in [-0.25, -0.2) is 0 Å². The monoisotopic (exact) mass is 285 g/mol. The van der Waals surface area contributed by atoms with Crippen LogP contribution in [0.15, 0.2) is 18.2 Å². The van der Waals surface area contributed by atoms with Gasteiger partial charge in [-0.05, 0) is 30.0 Å². The summed E-state index contributed by atoms with van der Waals surface area (Å²) in [7, 11) is 0. The number of benzene rings is 1. The van der Waals surface area contributed by atoms with E-state index in [1.807, 2.05) is 0 Å². The van der Waals surface area contributed by atoms with Crippen LogP contribution in [0.5, 0.6) is 0 Å². The van der Waals surface area contributed by atoms with Gasteiger partial charge in [0.1, 0.15) is 0 Å². The van der Waals surface area contributed by atoms with Gasteiger partial charge in [0.2, 0.25) is 5.91 Å². The highest BCUT2D eigenvalue weighted by atomic mass is 19.4. The lowest BCUT2D eigenvalue weighted by Crippen LogP contribution is -2.22. The van der Waals surface area contributed by atoms with Gasteiger partial charge in [-0.3, -0.25) is 4.79 Å². The molecule has 1 saturated carbocycles. The van der Waals surface area contributed by atoms with Crippen molar-refractivity contribution >= 4 is 11.6 Å². The zero-order valence-corrected chi connectivity index (χ0v) is 10.5. The summed E-state index contributed by atoms with van der Waals surface area (Å²) in [6.07, 6.45) is -4.59. The second-order valence-corrected chi connectivity index (χ2v) is 5.28. The number of fused-ring (bicyclic) bond motifs is 1. The SMILES string of the molecule is NC(=O)c1ccc(NC2C3CNCC32)cc1C(F)(F)F. The number of carbonyl (C=O) groups is 1. The van der Waals surface area contributed by atoms with Crippen molar-refractivity contribution in [2.45, 2.75) is 12.2 Å². The predicted molar refractivity (Wildman–Crippen MR) is 67.2 cm³/mol. The van der Waals surface area contributed by atoms with Crippen LogP contribution < -0.4 is 16.4 Å². The zero-order valence-electron chi connectivity index (χ0n) is 10.5. The van der Waals surface area contributed by atoms with Crippen molar-refractivity contribution in [2.75, 3.05) is 18.4 Å². The van der Waals surface area contributed by atoms with Crippen molar-refractivity contribution in [3.63, 3.8) is 0 Å². The predicted octanol–water partition coefficient (Wildman–Crippen LogP) is 1.43. The summed E-state index contributed by atoms with van der Waals surface area (Å²) in [6.45, 7) is 1.79. The number of rotatable bonds is 3. The van der Waals surface area contributed by atoms with E-state index in [1.165, 1.54) is 6.07 Å². The Balaban J connectivity index is 1.84. The van der Waals surface area contributed by atoms with Gasteiger partial charge in [-0.1, -0.05) is 0 Å². The molecule has 1 aromatic carbocycles. The van der Waals surface area contributed by atoms with Crippen LogP contribution in [0, 0.1) is 11.8 Å². The number of nitrogens with two attached hydrogens (primary N) is 1. The lowest BCUT2D eigenvalue weighted by molar-refractivity contribution is -0.137. The summed E-state index contributed by atoms with van der Waals surface area (Å²) in [6, 6.07) is 3.78. The molecule has 2 fully saturated rings. The molecule has 2 unspecified atom stereocenters. The van der Waals surface area contributed by atoms with Crippen LogP contribution in [-0.2, 0) is 6.18 Å². The van der Waals surface area contributed by atoms with Crippen molar-refractivity contribution in [1.29, 1.82) is 0 Å². The minimum absolute atomic E-state index is 0.219. The molecule has 1 aliphatic heterocycles. The van der Waals surface area contributed by atoms with Crippen molar-refractivity contribution in [2.24, 2.45) is 17.6 Å². The molecule has 7 heteroatoms. The van der Waals surface area contributed by atoms with E-state index in [-0.39, 0.29) is 6.04 Å². The number of halogens is 3. The van der Waals surface area contributed by atoms with Gasteiger partial charge in [0.05, 0.1) is 11.1 Å². The van der Waals surface area contributed by atoms with Crippen LogP contribution in [0.2, 0.25) is 0 Å². The van der Waals surface area contributed by atoms with E-state index in [4.69, 9.17) is 5.73 Å². The Kier molecular flexibility index (Phi) is 2.89. The van der Waals surface area contributed by atoms with E-state index in [0.717, 1.165) is 25.2 Å². The average molecular weight is 285 g/mol. The molecule has 0 radical (unpaired) electrons. The standard InChI is InChI=1S/C13H14F3N3O/c14-13(15,16)10-3-6(1-2-7(10)12(17)20)19-11-8-4-18-5-9(8)11/h1-3,8-9,11,18-19H,4-5H2,(H2,17,20). The molecule has 1 amide bonds. The highest BCUT2D eigenvalue weighted by molar-refractivity contribution is 5.95. The summed E-state index contributed by atoms with van der Waals surface area (Å²) in [5, 5.41) is 6.32. The number of alkyl halides is 3. The summed E-state index contributed by atoms with van der Waals surface area (Å²) >= 11 is 0. The number of hydrogen-bond donors (Lipinski definition) is 3. The molecule has 1 aromatic rings. The fourth-order valence-corrected chi connectivity index (χ4v) is 2.91. The highest BCUT2D eigenvalue weighted by Gasteiger charge is 2.53. The number of hydrogen-bond acceptors (Lipinski definition) is 3. The Bertz CT molecular complexity index is 548. The van der Waals surface area contributed by atoms with E-state index in [0.29, 0.717) is 17.5 Å². The van der Waals surface area contributed by atoms with Crippen molar-refractivity contribution in [3.05, 3.63) is 29.3 Å². The van der Waals surface area contributed by atoms with Gasteiger partial charge >= 0.3 is 6.18 Å². The molecular weight excluding hydrogens is 271 g/mol. The molecule has 0 bridgehead atoms. The average Bonchev–Trinajstić information content (AvgIpc) is 2.82. The molecule has 2 aliphatic rings. The third kappa shape index (κ3) is 2.22. The molecule has 3 rings (SSSR count). The maximum atomic E-state index is 12.9. The Morgan fingerprint density at radius 1 is 1.30 bits per heavy atom. The topological polar surface area (TPSA) is 67.2 Å². The Hall–Kier alpha value is -1.76.